The number of halogens is 1. The van der Waals surface area contributed by atoms with Crippen LogP contribution in [0.3, 0.4) is 0 Å². The fourth-order valence-corrected chi connectivity index (χ4v) is 2.41. The number of aryl methyl sites for hydroxylation is 1. The molecule has 1 atom stereocenters. The zero-order valence-corrected chi connectivity index (χ0v) is 13.0. The Labute approximate surface area is 133 Å². The Balaban J connectivity index is 1.94. The predicted octanol–water partition coefficient (Wildman–Crippen LogP) is 1.73. The highest BCUT2D eigenvalue weighted by Gasteiger charge is 2.29. The highest BCUT2D eigenvalue weighted by atomic mass is 35.5. The van der Waals surface area contributed by atoms with Gasteiger partial charge in [-0.05, 0) is 30.7 Å². The van der Waals surface area contributed by atoms with Crippen molar-refractivity contribution >= 4 is 23.5 Å². The quantitative estimate of drug-likeness (QED) is 0.891. The third kappa shape index (κ3) is 4.35. The molecule has 1 aliphatic heterocycles. The molecule has 1 aromatic carbocycles. The van der Waals surface area contributed by atoms with Crippen molar-refractivity contribution < 1.29 is 24.2 Å². The summed E-state index contributed by atoms with van der Waals surface area (Å²) in [4.78, 5) is 24.6. The fourth-order valence-electron chi connectivity index (χ4n) is 2.29. The smallest absolute Gasteiger partial charge is 0.305 e. The number of hydrogen-bond donors (Lipinski definition) is 1. The molecule has 7 heteroatoms. The molecule has 1 heterocycles. The van der Waals surface area contributed by atoms with Crippen molar-refractivity contribution in [1.29, 1.82) is 0 Å². The molecular weight excluding hydrogens is 310 g/mol. The monoisotopic (exact) mass is 327 g/mol. The minimum atomic E-state index is -0.956. The van der Waals surface area contributed by atoms with Crippen molar-refractivity contribution in [2.75, 3.05) is 26.4 Å². The van der Waals surface area contributed by atoms with Gasteiger partial charge in [-0.25, -0.2) is 0 Å². The van der Waals surface area contributed by atoms with Gasteiger partial charge in [-0.2, -0.15) is 0 Å². The van der Waals surface area contributed by atoms with Crippen molar-refractivity contribution in [2.45, 2.75) is 19.4 Å². The summed E-state index contributed by atoms with van der Waals surface area (Å²) in [6.07, 6.45) is -0.133. The lowest BCUT2D eigenvalue weighted by Gasteiger charge is -2.34. The molecule has 6 nitrogen and oxygen atoms in total. The first-order valence-electron chi connectivity index (χ1n) is 6.95. The van der Waals surface area contributed by atoms with Gasteiger partial charge >= 0.3 is 5.97 Å². The Morgan fingerprint density at radius 2 is 2.27 bits per heavy atom. The molecule has 1 unspecified atom stereocenters. The summed E-state index contributed by atoms with van der Waals surface area (Å²) in [5.74, 6) is -0.650. The van der Waals surface area contributed by atoms with Crippen molar-refractivity contribution in [2.24, 2.45) is 0 Å². The number of ether oxygens (including phenoxy) is 2. The summed E-state index contributed by atoms with van der Waals surface area (Å²) in [7, 11) is 0. The second kappa shape index (κ2) is 7.47. The van der Waals surface area contributed by atoms with E-state index in [9.17, 15) is 9.59 Å². The topological polar surface area (TPSA) is 76.1 Å². The van der Waals surface area contributed by atoms with Crippen LogP contribution in [-0.4, -0.2) is 54.3 Å². The molecule has 0 bridgehead atoms. The number of aliphatic carboxylic acids is 1. The lowest BCUT2D eigenvalue weighted by molar-refractivity contribution is -0.147. The molecule has 2 rings (SSSR count). The van der Waals surface area contributed by atoms with Crippen molar-refractivity contribution in [3.8, 4) is 5.75 Å². The molecule has 0 aliphatic carbocycles. The average Bonchev–Trinajstić information content (AvgIpc) is 2.48. The summed E-state index contributed by atoms with van der Waals surface area (Å²) >= 11 is 5.93. The van der Waals surface area contributed by atoms with E-state index in [-0.39, 0.29) is 25.5 Å². The molecule has 1 N–H and O–H groups in total. The minimum absolute atomic E-state index is 0.133. The van der Waals surface area contributed by atoms with Gasteiger partial charge < -0.3 is 19.5 Å². The maximum absolute atomic E-state index is 12.2. The third-order valence-corrected chi connectivity index (χ3v) is 3.87. The standard InChI is InChI=1S/C15H18ClNO5/c1-10-6-12(2-3-13(10)16)22-9-14(18)17-4-5-21-8-11(17)7-15(19)20/h2-3,6,11H,4-5,7-9H2,1H3,(H,19,20). The Morgan fingerprint density at radius 3 is 2.95 bits per heavy atom. The van der Waals surface area contributed by atoms with E-state index in [4.69, 9.17) is 26.2 Å². The van der Waals surface area contributed by atoms with E-state index in [1.54, 1.807) is 18.2 Å². The van der Waals surface area contributed by atoms with Crippen molar-refractivity contribution in [1.82, 2.24) is 4.90 Å². The molecule has 0 radical (unpaired) electrons. The maximum atomic E-state index is 12.2. The van der Waals surface area contributed by atoms with Gasteiger partial charge in [-0.1, -0.05) is 11.6 Å². The first kappa shape index (κ1) is 16.6. The lowest BCUT2D eigenvalue weighted by atomic mass is 10.1. The molecule has 1 saturated heterocycles. The minimum Gasteiger partial charge on any atom is -0.484 e. The number of carbonyl (C=O) groups is 2. The SMILES string of the molecule is Cc1cc(OCC(=O)N2CCOCC2CC(=O)O)ccc1Cl. The Morgan fingerprint density at radius 1 is 1.50 bits per heavy atom. The van der Waals surface area contributed by atoms with Crippen LogP contribution in [0.15, 0.2) is 18.2 Å². The second-order valence-electron chi connectivity index (χ2n) is 5.11. The first-order valence-corrected chi connectivity index (χ1v) is 7.33. The highest BCUT2D eigenvalue weighted by molar-refractivity contribution is 6.31. The number of morpholine rings is 1. The number of hydrogen-bond acceptors (Lipinski definition) is 4. The number of nitrogens with zero attached hydrogens (tertiary/aromatic N) is 1. The van der Waals surface area contributed by atoms with Gasteiger partial charge in [0, 0.05) is 11.6 Å². The Bertz CT molecular complexity index is 563. The number of rotatable bonds is 5. The summed E-state index contributed by atoms with van der Waals surface area (Å²) < 4.78 is 10.7. The summed E-state index contributed by atoms with van der Waals surface area (Å²) in [6.45, 7) is 2.72. The van der Waals surface area contributed by atoms with Crippen LogP contribution in [0.5, 0.6) is 5.75 Å². The van der Waals surface area contributed by atoms with Gasteiger partial charge in [0.1, 0.15) is 5.75 Å². The second-order valence-corrected chi connectivity index (χ2v) is 5.52. The van der Waals surface area contributed by atoms with Crippen LogP contribution in [0.4, 0.5) is 0 Å². The number of carbonyl (C=O) groups excluding carboxylic acids is 1. The van der Waals surface area contributed by atoms with Crippen LogP contribution in [-0.2, 0) is 14.3 Å². The molecule has 22 heavy (non-hydrogen) atoms. The number of amides is 1. The van der Waals surface area contributed by atoms with Crippen LogP contribution < -0.4 is 4.74 Å². The van der Waals surface area contributed by atoms with E-state index in [1.807, 2.05) is 6.92 Å². The Hall–Kier alpha value is -1.79. The van der Waals surface area contributed by atoms with Gasteiger partial charge in [0.25, 0.3) is 5.91 Å². The van der Waals surface area contributed by atoms with Gasteiger partial charge in [-0.3, -0.25) is 9.59 Å². The zero-order valence-electron chi connectivity index (χ0n) is 12.3. The summed E-state index contributed by atoms with van der Waals surface area (Å²) in [5, 5.41) is 9.53. The molecule has 0 spiro atoms. The van der Waals surface area contributed by atoms with Crippen LogP contribution in [0.2, 0.25) is 5.02 Å². The molecule has 1 fully saturated rings. The largest absolute Gasteiger partial charge is 0.484 e. The van der Waals surface area contributed by atoms with Crippen molar-refractivity contribution in [3.63, 3.8) is 0 Å². The number of benzene rings is 1. The molecule has 1 aliphatic rings. The predicted molar refractivity (Wildman–Crippen MR) is 80.3 cm³/mol. The maximum Gasteiger partial charge on any atom is 0.305 e. The fraction of sp³-hybridized carbons (Fsp3) is 0.467. The number of carboxylic acids is 1. The van der Waals surface area contributed by atoms with Crippen molar-refractivity contribution in [3.05, 3.63) is 28.8 Å². The summed E-state index contributed by atoms with van der Waals surface area (Å²) in [5.41, 5.74) is 0.863. The van der Waals surface area contributed by atoms with Gasteiger partial charge in [-0.15, -0.1) is 0 Å². The van der Waals surface area contributed by atoms with Gasteiger partial charge in [0.05, 0.1) is 25.7 Å². The lowest BCUT2D eigenvalue weighted by Crippen LogP contribution is -2.51. The van der Waals surface area contributed by atoms with Gasteiger partial charge in [0.15, 0.2) is 6.61 Å². The van der Waals surface area contributed by atoms with E-state index in [2.05, 4.69) is 0 Å². The molecule has 1 amide bonds. The zero-order chi connectivity index (χ0) is 16.1. The van der Waals surface area contributed by atoms with E-state index in [0.29, 0.717) is 23.9 Å². The molecule has 120 valence electrons. The van der Waals surface area contributed by atoms with Crippen LogP contribution >= 0.6 is 11.6 Å². The average molecular weight is 328 g/mol. The van der Waals surface area contributed by atoms with Crippen LogP contribution in [0, 0.1) is 6.92 Å². The van der Waals surface area contributed by atoms with Crippen LogP contribution in [0.25, 0.3) is 0 Å². The molecule has 0 aromatic heterocycles. The van der Waals surface area contributed by atoms with Gasteiger partial charge in [0.2, 0.25) is 0 Å². The molecular formula is C15H18ClNO5. The normalized spacial score (nSPS) is 18.1. The van der Waals surface area contributed by atoms with E-state index in [1.165, 1.54) is 4.90 Å². The van der Waals surface area contributed by atoms with E-state index >= 15 is 0 Å². The van der Waals surface area contributed by atoms with E-state index < -0.39 is 12.0 Å². The molecule has 0 saturated carbocycles. The highest BCUT2D eigenvalue weighted by Crippen LogP contribution is 2.21. The summed E-state index contributed by atoms with van der Waals surface area (Å²) in [6, 6.07) is 4.70. The molecule has 1 aromatic rings. The third-order valence-electron chi connectivity index (χ3n) is 3.45. The Kier molecular flexibility index (Phi) is 5.63. The van der Waals surface area contributed by atoms with Crippen LogP contribution in [0.1, 0.15) is 12.0 Å². The van der Waals surface area contributed by atoms with E-state index in [0.717, 1.165) is 5.56 Å². The first-order chi connectivity index (χ1) is 10.5. The number of carboxylic acid groups (broad SMARTS) is 1.